The molecule has 0 spiro atoms. The topological polar surface area (TPSA) is 33.1 Å². The van der Waals surface area contributed by atoms with Crippen LogP contribution < -0.4 is 10.2 Å². The van der Waals surface area contributed by atoms with Crippen molar-refractivity contribution in [1.82, 2.24) is 14.9 Å². The highest BCUT2D eigenvalue weighted by molar-refractivity contribution is 9.10. The van der Waals surface area contributed by atoms with E-state index in [1.54, 1.807) is 0 Å². The minimum Gasteiger partial charge on any atom is -0.351 e. The van der Waals surface area contributed by atoms with Crippen LogP contribution in [0.25, 0.3) is 5.69 Å². The number of anilines is 1. The Balaban J connectivity index is 1.67. The molecule has 2 aromatic heterocycles. The van der Waals surface area contributed by atoms with Gasteiger partial charge in [0.1, 0.15) is 0 Å². The fourth-order valence-corrected chi connectivity index (χ4v) is 5.34. The zero-order valence-electron chi connectivity index (χ0n) is 18.8. The summed E-state index contributed by atoms with van der Waals surface area (Å²) in [6.45, 7) is 6.47. The Kier molecular flexibility index (Phi) is 5.81. The van der Waals surface area contributed by atoms with Gasteiger partial charge < -0.3 is 14.8 Å². The Bertz CT molecular complexity index is 1300. The minimum absolute atomic E-state index is 0.0287. The lowest BCUT2D eigenvalue weighted by atomic mass is 9.96. The van der Waals surface area contributed by atoms with Gasteiger partial charge in [-0.15, -0.1) is 0 Å². The third kappa shape index (κ3) is 3.98. The van der Waals surface area contributed by atoms with Gasteiger partial charge in [0, 0.05) is 33.4 Å². The van der Waals surface area contributed by atoms with Gasteiger partial charge in [0.05, 0.1) is 17.8 Å². The molecule has 1 saturated heterocycles. The molecule has 4 aromatic rings. The normalized spacial score (nSPS) is 17.9. The summed E-state index contributed by atoms with van der Waals surface area (Å²) in [6.07, 6.45) is 1.84. The van der Waals surface area contributed by atoms with E-state index in [0.29, 0.717) is 5.11 Å². The largest absolute Gasteiger partial charge is 0.351 e. The summed E-state index contributed by atoms with van der Waals surface area (Å²) in [4.78, 5) is 6.90. The lowest BCUT2D eigenvalue weighted by Gasteiger charge is -2.28. The Hall–Kier alpha value is -2.96. The number of nitrogens with zero attached hydrogens (tertiary/aromatic N) is 3. The number of aromatic nitrogens is 2. The number of thiocarbonyl (C=S) groups is 1. The second-order valence-corrected chi connectivity index (χ2v) is 9.77. The first-order valence-electron chi connectivity index (χ1n) is 11.0. The number of aryl methyl sites for hydroxylation is 2. The summed E-state index contributed by atoms with van der Waals surface area (Å²) < 4.78 is 3.37. The zero-order valence-corrected chi connectivity index (χ0v) is 21.2. The third-order valence-corrected chi connectivity index (χ3v) is 7.13. The van der Waals surface area contributed by atoms with Crippen molar-refractivity contribution in [2.24, 2.45) is 0 Å². The van der Waals surface area contributed by atoms with Crippen LogP contribution in [0.3, 0.4) is 0 Å². The molecule has 0 unspecified atom stereocenters. The van der Waals surface area contributed by atoms with Gasteiger partial charge >= 0.3 is 0 Å². The molecule has 1 fully saturated rings. The predicted molar refractivity (Wildman–Crippen MR) is 142 cm³/mol. The van der Waals surface area contributed by atoms with Gasteiger partial charge in [0.2, 0.25) is 0 Å². The summed E-state index contributed by atoms with van der Waals surface area (Å²) in [5, 5.41) is 4.27. The molecule has 166 valence electrons. The summed E-state index contributed by atoms with van der Waals surface area (Å²) in [6, 6.07) is 25.2. The number of rotatable bonds is 4. The lowest BCUT2D eigenvalue weighted by Crippen LogP contribution is -2.29. The molecule has 0 aliphatic carbocycles. The molecule has 1 aliphatic heterocycles. The molecule has 0 saturated carbocycles. The Morgan fingerprint density at radius 2 is 1.61 bits per heavy atom. The van der Waals surface area contributed by atoms with Crippen molar-refractivity contribution in [3.05, 3.63) is 112 Å². The van der Waals surface area contributed by atoms with Crippen molar-refractivity contribution >= 4 is 38.9 Å². The molecule has 0 amide bonds. The molecule has 4 nitrogen and oxygen atoms in total. The van der Waals surface area contributed by atoms with Crippen LogP contribution in [-0.4, -0.2) is 14.7 Å². The molecule has 33 heavy (non-hydrogen) atoms. The van der Waals surface area contributed by atoms with Gasteiger partial charge in [0.25, 0.3) is 0 Å². The van der Waals surface area contributed by atoms with E-state index in [4.69, 9.17) is 12.2 Å². The second kappa shape index (κ2) is 8.76. The zero-order chi connectivity index (χ0) is 23.1. The van der Waals surface area contributed by atoms with E-state index in [2.05, 4.69) is 117 Å². The molecule has 2 aromatic carbocycles. The maximum atomic E-state index is 5.87. The summed E-state index contributed by atoms with van der Waals surface area (Å²) in [7, 11) is 0. The first-order chi connectivity index (χ1) is 15.9. The predicted octanol–water partition coefficient (Wildman–Crippen LogP) is 6.74. The fourth-order valence-electron chi connectivity index (χ4n) is 4.73. The van der Waals surface area contributed by atoms with Crippen LogP contribution in [0, 0.1) is 20.8 Å². The first kappa shape index (κ1) is 21.9. The highest BCUT2D eigenvalue weighted by Gasteiger charge is 2.42. The van der Waals surface area contributed by atoms with E-state index < -0.39 is 0 Å². The van der Waals surface area contributed by atoms with E-state index in [0.717, 1.165) is 15.9 Å². The first-order valence-corrected chi connectivity index (χ1v) is 12.2. The molecule has 1 N–H and O–H groups in total. The van der Waals surface area contributed by atoms with E-state index in [9.17, 15) is 0 Å². The van der Waals surface area contributed by atoms with Crippen molar-refractivity contribution < 1.29 is 0 Å². The number of pyridine rings is 1. The van der Waals surface area contributed by atoms with Crippen LogP contribution in [0.2, 0.25) is 0 Å². The average molecular weight is 517 g/mol. The fraction of sp³-hybridized carbons (Fsp3) is 0.185. The van der Waals surface area contributed by atoms with Gasteiger partial charge in [-0.3, -0.25) is 4.98 Å². The quantitative estimate of drug-likeness (QED) is 0.304. The van der Waals surface area contributed by atoms with E-state index in [-0.39, 0.29) is 12.1 Å². The molecule has 3 heterocycles. The van der Waals surface area contributed by atoms with Crippen LogP contribution in [0.5, 0.6) is 0 Å². The van der Waals surface area contributed by atoms with Crippen LogP contribution in [0.1, 0.15) is 40.3 Å². The van der Waals surface area contributed by atoms with Crippen molar-refractivity contribution in [1.29, 1.82) is 0 Å². The number of benzene rings is 2. The maximum absolute atomic E-state index is 5.87. The van der Waals surface area contributed by atoms with Gasteiger partial charge in [-0.05, 0) is 93.1 Å². The monoisotopic (exact) mass is 516 g/mol. The standard InChI is InChI=1S/C27H25BrN4S/c1-17-7-11-21(12-8-17)31-18(2)16-23(19(31)3)26-25(24-6-4-5-15-29-24)30-27(33)32(26)22-13-9-20(28)10-14-22/h4-16,25-26H,1-3H3,(H,30,33)/t25-,26+/m0/s1. The van der Waals surface area contributed by atoms with E-state index in [1.165, 1.54) is 28.2 Å². The van der Waals surface area contributed by atoms with E-state index >= 15 is 0 Å². The maximum Gasteiger partial charge on any atom is 0.174 e. The van der Waals surface area contributed by atoms with Crippen molar-refractivity contribution in [3.8, 4) is 5.69 Å². The minimum atomic E-state index is -0.0608. The van der Waals surface area contributed by atoms with E-state index in [1.807, 2.05) is 18.3 Å². The molecule has 5 rings (SSSR count). The van der Waals surface area contributed by atoms with Crippen molar-refractivity contribution in [2.75, 3.05) is 4.90 Å². The average Bonchev–Trinajstić information content (AvgIpc) is 3.31. The second-order valence-electron chi connectivity index (χ2n) is 8.47. The van der Waals surface area contributed by atoms with Gasteiger partial charge in [-0.1, -0.05) is 39.7 Å². The number of halogens is 1. The van der Waals surface area contributed by atoms with Crippen LogP contribution in [0.4, 0.5) is 5.69 Å². The smallest absolute Gasteiger partial charge is 0.174 e. The van der Waals surface area contributed by atoms with Crippen LogP contribution >= 0.6 is 28.1 Å². The summed E-state index contributed by atoms with van der Waals surface area (Å²) in [5.41, 5.74) is 8.09. The molecular weight excluding hydrogens is 492 g/mol. The molecular formula is C27H25BrN4S. The summed E-state index contributed by atoms with van der Waals surface area (Å²) >= 11 is 9.42. The number of nitrogens with one attached hydrogen (secondary N) is 1. The highest BCUT2D eigenvalue weighted by Crippen LogP contribution is 2.43. The third-order valence-electron chi connectivity index (χ3n) is 6.28. The van der Waals surface area contributed by atoms with Crippen molar-refractivity contribution in [3.63, 3.8) is 0 Å². The molecule has 0 bridgehead atoms. The van der Waals surface area contributed by atoms with Crippen LogP contribution in [0.15, 0.2) is 83.5 Å². The van der Waals surface area contributed by atoms with Gasteiger partial charge in [0.15, 0.2) is 5.11 Å². The van der Waals surface area contributed by atoms with Gasteiger partial charge in [-0.25, -0.2) is 0 Å². The van der Waals surface area contributed by atoms with Crippen molar-refractivity contribution in [2.45, 2.75) is 32.9 Å². The SMILES string of the molecule is Cc1ccc(-n2c(C)cc([C@@H]3[C@H](c4ccccn4)NC(=S)N3c3ccc(Br)cc3)c2C)cc1. The summed E-state index contributed by atoms with van der Waals surface area (Å²) in [5.74, 6) is 0. The number of hydrogen-bond acceptors (Lipinski definition) is 2. The number of hydrogen-bond donors (Lipinski definition) is 1. The molecule has 1 aliphatic rings. The van der Waals surface area contributed by atoms with Crippen LogP contribution in [-0.2, 0) is 0 Å². The highest BCUT2D eigenvalue weighted by atomic mass is 79.9. The molecule has 0 radical (unpaired) electrons. The lowest BCUT2D eigenvalue weighted by molar-refractivity contribution is 0.565. The Labute approximate surface area is 208 Å². The molecule has 6 heteroatoms. The Morgan fingerprint density at radius 1 is 0.909 bits per heavy atom. The van der Waals surface area contributed by atoms with Gasteiger partial charge in [-0.2, -0.15) is 0 Å². The Morgan fingerprint density at radius 3 is 2.27 bits per heavy atom. The molecule has 2 atom stereocenters.